The van der Waals surface area contributed by atoms with Crippen molar-refractivity contribution < 1.29 is 0 Å². The summed E-state index contributed by atoms with van der Waals surface area (Å²) in [6.07, 6.45) is 2.44. The van der Waals surface area contributed by atoms with Crippen molar-refractivity contribution in [1.29, 1.82) is 0 Å². The zero-order valence-electron chi connectivity index (χ0n) is 14.0. The number of aryl methyl sites for hydroxylation is 2. The van der Waals surface area contributed by atoms with Gasteiger partial charge in [0.25, 0.3) is 0 Å². The first-order chi connectivity index (χ1) is 9.92. The lowest BCUT2D eigenvalue weighted by Crippen LogP contribution is -2.57. The Bertz CT molecular complexity index is 461. The Balaban J connectivity index is 2.29. The van der Waals surface area contributed by atoms with E-state index in [-0.39, 0.29) is 0 Å². The molecule has 1 N–H and O–H groups in total. The summed E-state index contributed by atoms with van der Waals surface area (Å²) in [5.41, 5.74) is 4.20. The average Bonchev–Trinajstić information content (AvgIpc) is 2.37. The molecule has 0 radical (unpaired) electrons. The zero-order chi connectivity index (χ0) is 15.6. The molecule has 0 bridgehead atoms. The predicted octanol–water partition coefficient (Wildman–Crippen LogP) is 4.67. The van der Waals surface area contributed by atoms with Crippen LogP contribution in [0.5, 0.6) is 0 Å². The molecule has 1 aromatic rings. The van der Waals surface area contributed by atoms with Crippen molar-refractivity contribution in [2.45, 2.75) is 59.5 Å². The van der Waals surface area contributed by atoms with Crippen molar-refractivity contribution in [1.82, 2.24) is 5.32 Å². The van der Waals surface area contributed by atoms with Gasteiger partial charge in [-0.2, -0.15) is 0 Å². The first-order valence-corrected chi connectivity index (χ1v) is 8.98. The number of halogens is 1. The fourth-order valence-corrected chi connectivity index (χ4v) is 4.27. The van der Waals surface area contributed by atoms with Crippen LogP contribution in [0.4, 0.5) is 5.69 Å². The van der Waals surface area contributed by atoms with E-state index in [0.29, 0.717) is 12.1 Å². The van der Waals surface area contributed by atoms with Gasteiger partial charge in [-0.15, -0.1) is 0 Å². The van der Waals surface area contributed by atoms with E-state index in [0.717, 1.165) is 19.0 Å². The Kier molecular flexibility index (Phi) is 5.73. The van der Waals surface area contributed by atoms with Crippen LogP contribution in [0, 0.1) is 19.8 Å². The van der Waals surface area contributed by atoms with Gasteiger partial charge in [-0.3, -0.25) is 0 Å². The third-order valence-corrected chi connectivity index (χ3v) is 4.93. The molecule has 0 aliphatic carbocycles. The number of anilines is 1. The van der Waals surface area contributed by atoms with Crippen LogP contribution in [-0.4, -0.2) is 25.2 Å². The maximum Gasteiger partial charge on any atom is 0.0429 e. The highest BCUT2D eigenvalue weighted by Crippen LogP contribution is 2.32. The van der Waals surface area contributed by atoms with Gasteiger partial charge in [0.2, 0.25) is 0 Å². The molecule has 1 saturated heterocycles. The van der Waals surface area contributed by atoms with E-state index in [1.807, 2.05) is 0 Å². The molecule has 0 saturated carbocycles. The minimum Gasteiger partial charge on any atom is -0.365 e. The van der Waals surface area contributed by atoms with Crippen LogP contribution in [0.2, 0.25) is 0 Å². The lowest BCUT2D eigenvalue weighted by molar-refractivity contribution is 0.343. The first kappa shape index (κ1) is 16.8. The summed E-state index contributed by atoms with van der Waals surface area (Å²) in [5.74, 6) is 0.745. The lowest BCUT2D eigenvalue weighted by Gasteiger charge is -2.43. The van der Waals surface area contributed by atoms with Crippen LogP contribution >= 0.6 is 15.9 Å². The summed E-state index contributed by atoms with van der Waals surface area (Å²) in [6, 6.07) is 5.70. The third-order valence-electron chi connectivity index (χ3n) is 4.47. The molecule has 2 unspecified atom stereocenters. The second-order valence-corrected chi connectivity index (χ2v) is 7.75. The minimum atomic E-state index is 0.604. The summed E-state index contributed by atoms with van der Waals surface area (Å²) in [7, 11) is 0. The highest BCUT2D eigenvalue weighted by molar-refractivity contribution is 9.10. The van der Waals surface area contributed by atoms with Crippen molar-refractivity contribution in [2.75, 3.05) is 18.0 Å². The molecule has 0 amide bonds. The summed E-state index contributed by atoms with van der Waals surface area (Å²) in [5, 5.41) is 3.75. The maximum absolute atomic E-state index is 3.75. The zero-order valence-corrected chi connectivity index (χ0v) is 15.6. The predicted molar refractivity (Wildman–Crippen MR) is 96.3 cm³/mol. The van der Waals surface area contributed by atoms with Crippen LogP contribution in [0.25, 0.3) is 0 Å². The molecule has 0 spiro atoms. The van der Waals surface area contributed by atoms with Crippen molar-refractivity contribution in [3.8, 4) is 0 Å². The van der Waals surface area contributed by atoms with Crippen LogP contribution < -0.4 is 10.2 Å². The van der Waals surface area contributed by atoms with E-state index < -0.39 is 0 Å². The Morgan fingerprint density at radius 3 is 2.43 bits per heavy atom. The molecule has 1 aliphatic rings. The van der Waals surface area contributed by atoms with Gasteiger partial charge in [0.15, 0.2) is 0 Å². The van der Waals surface area contributed by atoms with Crippen LogP contribution in [0.1, 0.15) is 44.7 Å². The van der Waals surface area contributed by atoms with Gasteiger partial charge in [-0.05, 0) is 55.9 Å². The Morgan fingerprint density at radius 1 is 1.29 bits per heavy atom. The molecule has 118 valence electrons. The number of nitrogens with zero attached hydrogens (tertiary/aromatic N) is 1. The van der Waals surface area contributed by atoms with E-state index in [2.05, 4.69) is 72.9 Å². The van der Waals surface area contributed by atoms with Crippen molar-refractivity contribution >= 4 is 21.6 Å². The molecule has 1 aliphatic heterocycles. The summed E-state index contributed by atoms with van der Waals surface area (Å²) < 4.78 is 1.18. The van der Waals surface area contributed by atoms with Gasteiger partial charge in [0.1, 0.15) is 0 Å². The summed E-state index contributed by atoms with van der Waals surface area (Å²) in [6.45, 7) is 13.6. The molecule has 1 heterocycles. The van der Waals surface area contributed by atoms with E-state index in [9.17, 15) is 0 Å². The van der Waals surface area contributed by atoms with E-state index in [4.69, 9.17) is 0 Å². The lowest BCUT2D eigenvalue weighted by atomic mass is 9.96. The topological polar surface area (TPSA) is 15.3 Å². The fraction of sp³-hybridized carbons (Fsp3) is 0.667. The first-order valence-electron chi connectivity index (χ1n) is 8.19. The largest absolute Gasteiger partial charge is 0.365 e. The Morgan fingerprint density at radius 2 is 1.90 bits per heavy atom. The molecule has 1 fully saturated rings. The normalized spacial score (nSPS) is 22.9. The molecule has 0 aromatic heterocycles. The molecule has 3 heteroatoms. The van der Waals surface area contributed by atoms with Gasteiger partial charge in [0.05, 0.1) is 0 Å². The quantitative estimate of drug-likeness (QED) is 0.846. The number of piperazine rings is 1. The average molecular weight is 353 g/mol. The number of hydrogen-bond donors (Lipinski definition) is 1. The van der Waals surface area contributed by atoms with E-state index in [1.165, 1.54) is 34.1 Å². The third kappa shape index (κ3) is 4.01. The SMILES string of the molecule is CCC1CNC(CC(C)C)CN1c1c(C)cc(Br)cc1C. The molecule has 21 heavy (non-hydrogen) atoms. The van der Waals surface area contributed by atoms with Crippen LogP contribution in [-0.2, 0) is 0 Å². The highest BCUT2D eigenvalue weighted by atomic mass is 79.9. The van der Waals surface area contributed by atoms with Crippen LogP contribution in [0.15, 0.2) is 16.6 Å². The molecule has 2 nitrogen and oxygen atoms in total. The van der Waals surface area contributed by atoms with Crippen molar-refractivity contribution in [3.05, 3.63) is 27.7 Å². The highest BCUT2D eigenvalue weighted by Gasteiger charge is 2.29. The molecule has 2 atom stereocenters. The van der Waals surface area contributed by atoms with Crippen molar-refractivity contribution in [2.24, 2.45) is 5.92 Å². The maximum atomic E-state index is 3.75. The Labute approximate surface area is 138 Å². The number of benzene rings is 1. The van der Waals surface area contributed by atoms with Gasteiger partial charge in [-0.25, -0.2) is 0 Å². The smallest absolute Gasteiger partial charge is 0.0429 e. The number of rotatable bonds is 4. The summed E-state index contributed by atoms with van der Waals surface area (Å²) >= 11 is 3.62. The monoisotopic (exact) mass is 352 g/mol. The van der Waals surface area contributed by atoms with Crippen LogP contribution in [0.3, 0.4) is 0 Å². The number of hydrogen-bond acceptors (Lipinski definition) is 2. The van der Waals surface area contributed by atoms with Gasteiger partial charge < -0.3 is 10.2 Å². The van der Waals surface area contributed by atoms with E-state index in [1.54, 1.807) is 0 Å². The standard InChI is InChI=1S/C18H29BrN2/c1-6-17-10-20-16(7-12(2)3)11-21(17)18-13(4)8-15(19)9-14(18)5/h8-9,12,16-17,20H,6-7,10-11H2,1-5H3. The van der Waals surface area contributed by atoms with Gasteiger partial charge in [0, 0.05) is 35.3 Å². The molecular weight excluding hydrogens is 324 g/mol. The molecule has 2 rings (SSSR count). The molecular formula is C18H29BrN2. The van der Waals surface area contributed by atoms with Crippen molar-refractivity contribution in [3.63, 3.8) is 0 Å². The molecule has 1 aromatic carbocycles. The Hall–Kier alpha value is -0.540. The summed E-state index contributed by atoms with van der Waals surface area (Å²) in [4.78, 5) is 2.65. The van der Waals surface area contributed by atoms with Gasteiger partial charge >= 0.3 is 0 Å². The fourth-order valence-electron chi connectivity index (χ4n) is 3.59. The van der Waals surface area contributed by atoms with Gasteiger partial charge in [-0.1, -0.05) is 36.7 Å². The van der Waals surface area contributed by atoms with E-state index >= 15 is 0 Å². The second-order valence-electron chi connectivity index (χ2n) is 6.84. The number of nitrogens with one attached hydrogen (secondary N) is 1. The minimum absolute atomic E-state index is 0.604. The second kappa shape index (κ2) is 7.15.